The number of nitrogens with one attached hydrogen (secondary N) is 1. The van der Waals surface area contributed by atoms with Gasteiger partial charge in [0, 0.05) is 11.6 Å². The molecule has 2 aromatic carbocycles. The maximum Gasteiger partial charge on any atom is 0.291 e. The Hall–Kier alpha value is -2.28. The SMILES string of the molecule is O=C(NCc1cccc(Cl)c1)c1ncn(-c2cc(Cl)c(O)c(Cl)c2)n1. The number of hydrogen-bond donors (Lipinski definition) is 2. The van der Waals surface area contributed by atoms with Gasteiger partial charge >= 0.3 is 0 Å². The van der Waals surface area contributed by atoms with Gasteiger partial charge in [-0.05, 0) is 29.8 Å². The monoisotopic (exact) mass is 396 g/mol. The zero-order valence-electron chi connectivity index (χ0n) is 12.6. The molecule has 0 aliphatic heterocycles. The Morgan fingerprint density at radius 2 is 1.88 bits per heavy atom. The quantitative estimate of drug-likeness (QED) is 0.700. The van der Waals surface area contributed by atoms with Gasteiger partial charge in [0.05, 0.1) is 15.7 Å². The van der Waals surface area contributed by atoms with E-state index in [2.05, 4.69) is 15.4 Å². The van der Waals surface area contributed by atoms with Gasteiger partial charge in [0.25, 0.3) is 5.91 Å². The van der Waals surface area contributed by atoms with Gasteiger partial charge in [-0.2, -0.15) is 0 Å². The second kappa shape index (κ2) is 7.31. The Balaban J connectivity index is 1.73. The molecule has 1 heterocycles. The summed E-state index contributed by atoms with van der Waals surface area (Å²) in [6.07, 6.45) is 1.35. The minimum atomic E-state index is -0.435. The number of aromatic hydroxyl groups is 1. The maximum atomic E-state index is 12.2. The molecule has 3 aromatic rings. The molecule has 0 radical (unpaired) electrons. The highest BCUT2D eigenvalue weighted by Crippen LogP contribution is 2.33. The van der Waals surface area contributed by atoms with Crippen molar-refractivity contribution in [1.82, 2.24) is 20.1 Å². The van der Waals surface area contributed by atoms with Crippen LogP contribution in [0.15, 0.2) is 42.7 Å². The molecule has 0 aliphatic carbocycles. The van der Waals surface area contributed by atoms with Crippen LogP contribution in [0.3, 0.4) is 0 Å². The number of aromatic nitrogens is 3. The van der Waals surface area contributed by atoms with E-state index >= 15 is 0 Å². The van der Waals surface area contributed by atoms with Crippen LogP contribution in [-0.4, -0.2) is 25.8 Å². The third-order valence-corrected chi connectivity index (χ3v) is 4.11. The fourth-order valence-electron chi connectivity index (χ4n) is 2.08. The van der Waals surface area contributed by atoms with E-state index in [1.807, 2.05) is 6.07 Å². The molecule has 6 nitrogen and oxygen atoms in total. The first-order chi connectivity index (χ1) is 11.9. The molecule has 0 aliphatic rings. The molecular weight excluding hydrogens is 387 g/mol. The number of nitrogens with zero attached hydrogens (tertiary/aromatic N) is 3. The van der Waals surface area contributed by atoms with Crippen LogP contribution >= 0.6 is 34.8 Å². The van der Waals surface area contributed by atoms with Crippen LogP contribution in [0.4, 0.5) is 0 Å². The van der Waals surface area contributed by atoms with E-state index in [9.17, 15) is 9.90 Å². The number of phenolic OH excluding ortho intramolecular Hbond substituents is 1. The van der Waals surface area contributed by atoms with Crippen molar-refractivity contribution in [3.8, 4) is 11.4 Å². The summed E-state index contributed by atoms with van der Waals surface area (Å²) in [5.74, 6) is -0.663. The third kappa shape index (κ3) is 4.04. The number of benzene rings is 2. The zero-order valence-corrected chi connectivity index (χ0v) is 14.8. The van der Waals surface area contributed by atoms with Crippen molar-refractivity contribution in [1.29, 1.82) is 0 Å². The first-order valence-corrected chi connectivity index (χ1v) is 8.20. The highest BCUT2D eigenvalue weighted by atomic mass is 35.5. The minimum absolute atomic E-state index is 0.0117. The highest BCUT2D eigenvalue weighted by molar-refractivity contribution is 6.37. The summed E-state index contributed by atoms with van der Waals surface area (Å²) in [5.41, 5.74) is 1.33. The van der Waals surface area contributed by atoms with E-state index in [0.29, 0.717) is 17.3 Å². The van der Waals surface area contributed by atoms with E-state index in [4.69, 9.17) is 34.8 Å². The molecular formula is C16H11Cl3N4O2. The van der Waals surface area contributed by atoms with E-state index in [1.54, 1.807) is 18.2 Å². The van der Waals surface area contributed by atoms with Crippen molar-refractivity contribution in [2.24, 2.45) is 0 Å². The second-order valence-electron chi connectivity index (χ2n) is 5.08. The van der Waals surface area contributed by atoms with E-state index < -0.39 is 5.91 Å². The molecule has 1 amide bonds. The summed E-state index contributed by atoms with van der Waals surface area (Å²) < 4.78 is 1.34. The summed E-state index contributed by atoms with van der Waals surface area (Å²) >= 11 is 17.7. The Bertz CT molecular complexity index is 920. The van der Waals surface area contributed by atoms with Crippen molar-refractivity contribution in [3.63, 3.8) is 0 Å². The summed E-state index contributed by atoms with van der Waals surface area (Å²) in [6, 6.07) is 10.1. The van der Waals surface area contributed by atoms with Gasteiger partial charge in [-0.15, -0.1) is 5.10 Å². The van der Waals surface area contributed by atoms with Crippen LogP contribution in [0.5, 0.6) is 5.75 Å². The topological polar surface area (TPSA) is 80.0 Å². The van der Waals surface area contributed by atoms with E-state index in [-0.39, 0.29) is 21.6 Å². The minimum Gasteiger partial charge on any atom is -0.505 e. The predicted octanol–water partition coefficient (Wildman–Crippen LogP) is 3.86. The van der Waals surface area contributed by atoms with Crippen LogP contribution in [0.2, 0.25) is 15.1 Å². The van der Waals surface area contributed by atoms with Gasteiger partial charge in [-0.1, -0.05) is 46.9 Å². The van der Waals surface area contributed by atoms with Crippen molar-refractivity contribution in [3.05, 3.63) is 69.2 Å². The van der Waals surface area contributed by atoms with Crippen LogP contribution in [-0.2, 0) is 6.54 Å². The molecule has 0 saturated heterocycles. The van der Waals surface area contributed by atoms with Gasteiger partial charge in [0.15, 0.2) is 5.75 Å². The molecule has 0 saturated carbocycles. The maximum absolute atomic E-state index is 12.2. The lowest BCUT2D eigenvalue weighted by Gasteiger charge is -2.05. The number of hydrogen-bond acceptors (Lipinski definition) is 4. The lowest BCUT2D eigenvalue weighted by molar-refractivity contribution is 0.0940. The summed E-state index contributed by atoms with van der Waals surface area (Å²) in [4.78, 5) is 16.1. The average molecular weight is 398 g/mol. The standard InChI is InChI=1S/C16H11Cl3N4O2/c17-10-3-1-2-9(4-10)7-20-16(25)15-21-8-23(22-15)11-5-12(18)14(24)13(19)6-11/h1-6,8,24H,7H2,(H,20,25). The molecule has 3 rings (SSSR count). The summed E-state index contributed by atoms with van der Waals surface area (Å²) in [5, 5.41) is 17.1. The fourth-order valence-corrected chi connectivity index (χ4v) is 2.77. The number of carbonyl (C=O) groups is 1. The number of carbonyl (C=O) groups excluding carboxylic acids is 1. The summed E-state index contributed by atoms with van der Waals surface area (Å²) in [6.45, 7) is 0.296. The van der Waals surface area contributed by atoms with Crippen molar-refractivity contribution >= 4 is 40.7 Å². The molecule has 1 aromatic heterocycles. The lowest BCUT2D eigenvalue weighted by Crippen LogP contribution is -2.24. The molecule has 0 atom stereocenters. The zero-order chi connectivity index (χ0) is 18.0. The Morgan fingerprint density at radius 3 is 2.56 bits per heavy atom. The first-order valence-electron chi connectivity index (χ1n) is 7.07. The van der Waals surface area contributed by atoms with Crippen LogP contribution in [0, 0.1) is 0 Å². The molecule has 0 unspecified atom stereocenters. The Morgan fingerprint density at radius 1 is 1.16 bits per heavy atom. The Kier molecular flexibility index (Phi) is 5.13. The van der Waals surface area contributed by atoms with Gasteiger partial charge in [-0.3, -0.25) is 4.79 Å². The second-order valence-corrected chi connectivity index (χ2v) is 6.33. The van der Waals surface area contributed by atoms with Gasteiger partial charge in [-0.25, -0.2) is 9.67 Å². The van der Waals surface area contributed by atoms with Gasteiger partial charge < -0.3 is 10.4 Å². The average Bonchev–Trinajstić information content (AvgIpc) is 3.07. The predicted molar refractivity (Wildman–Crippen MR) is 95.7 cm³/mol. The number of amides is 1. The van der Waals surface area contributed by atoms with E-state index in [0.717, 1.165) is 5.56 Å². The molecule has 0 fully saturated rings. The largest absolute Gasteiger partial charge is 0.505 e. The van der Waals surface area contributed by atoms with E-state index in [1.165, 1.54) is 23.1 Å². The van der Waals surface area contributed by atoms with Crippen LogP contribution < -0.4 is 5.32 Å². The third-order valence-electron chi connectivity index (χ3n) is 3.30. The normalized spacial score (nSPS) is 10.7. The van der Waals surface area contributed by atoms with Gasteiger partial charge in [0.1, 0.15) is 6.33 Å². The molecule has 0 bridgehead atoms. The van der Waals surface area contributed by atoms with Crippen molar-refractivity contribution in [2.75, 3.05) is 0 Å². The lowest BCUT2D eigenvalue weighted by atomic mass is 10.2. The molecule has 0 spiro atoms. The smallest absolute Gasteiger partial charge is 0.291 e. The van der Waals surface area contributed by atoms with Crippen molar-refractivity contribution < 1.29 is 9.90 Å². The van der Waals surface area contributed by atoms with Gasteiger partial charge in [0.2, 0.25) is 5.82 Å². The first kappa shape index (κ1) is 17.5. The summed E-state index contributed by atoms with van der Waals surface area (Å²) in [7, 11) is 0. The molecule has 9 heteroatoms. The number of rotatable bonds is 4. The Labute approximate surface area is 158 Å². The molecule has 2 N–H and O–H groups in total. The highest BCUT2D eigenvalue weighted by Gasteiger charge is 2.14. The van der Waals surface area contributed by atoms with Crippen molar-refractivity contribution in [2.45, 2.75) is 6.54 Å². The molecule has 128 valence electrons. The number of phenols is 1. The number of halogens is 3. The fraction of sp³-hybridized carbons (Fsp3) is 0.0625. The van der Waals surface area contributed by atoms with Crippen LogP contribution in [0.1, 0.15) is 16.2 Å². The molecule has 25 heavy (non-hydrogen) atoms. The van der Waals surface area contributed by atoms with Crippen LogP contribution in [0.25, 0.3) is 5.69 Å².